The fourth-order valence-electron chi connectivity index (χ4n) is 6.05. The number of fused-ring (bicyclic) bond motifs is 2. The van der Waals surface area contributed by atoms with Crippen molar-refractivity contribution in [1.29, 1.82) is 0 Å². The van der Waals surface area contributed by atoms with Gasteiger partial charge in [-0.05, 0) is 44.5 Å². The predicted molar refractivity (Wildman–Crippen MR) is 191 cm³/mol. The third-order valence-electron chi connectivity index (χ3n) is 8.57. The summed E-state index contributed by atoms with van der Waals surface area (Å²) in [6.45, 7) is 9.45. The van der Waals surface area contributed by atoms with Gasteiger partial charge in [0.05, 0.1) is 36.6 Å². The summed E-state index contributed by atoms with van der Waals surface area (Å²) in [7, 11) is 1.77. The molecule has 17 nitrogen and oxygen atoms in total. The van der Waals surface area contributed by atoms with Gasteiger partial charge in [0.2, 0.25) is 23.7 Å². The zero-order chi connectivity index (χ0) is 36.1. The second-order valence-corrected chi connectivity index (χ2v) is 12.0. The number of imidazole rings is 2. The van der Waals surface area contributed by atoms with Crippen LogP contribution in [0.5, 0.6) is 5.75 Å². The summed E-state index contributed by atoms with van der Waals surface area (Å²) >= 11 is 0. The first-order valence-corrected chi connectivity index (χ1v) is 16.8. The fraction of sp³-hybridized carbons (Fsp3) is 0.382. The Labute approximate surface area is 293 Å². The third kappa shape index (κ3) is 7.68. The molecule has 5 heterocycles. The van der Waals surface area contributed by atoms with E-state index in [-0.39, 0.29) is 24.0 Å². The van der Waals surface area contributed by atoms with Crippen LogP contribution in [0.15, 0.2) is 42.6 Å². The first-order valence-electron chi connectivity index (χ1n) is 16.8. The summed E-state index contributed by atoms with van der Waals surface area (Å²) in [5.41, 5.74) is 14.9. The summed E-state index contributed by atoms with van der Waals surface area (Å²) < 4.78 is 17.0. The number of morpholine rings is 1. The highest BCUT2D eigenvalue weighted by Crippen LogP contribution is 2.31. The summed E-state index contributed by atoms with van der Waals surface area (Å²) in [4.78, 5) is 53.5. The van der Waals surface area contributed by atoms with E-state index in [0.29, 0.717) is 70.5 Å². The van der Waals surface area contributed by atoms with Crippen LogP contribution in [0.2, 0.25) is 0 Å². The van der Waals surface area contributed by atoms with Crippen molar-refractivity contribution in [2.24, 2.45) is 11.5 Å². The van der Waals surface area contributed by atoms with Crippen LogP contribution in [0.4, 0.5) is 11.9 Å². The molecule has 0 bridgehead atoms. The Morgan fingerprint density at radius 2 is 1.67 bits per heavy atom. The van der Waals surface area contributed by atoms with Crippen LogP contribution in [-0.2, 0) is 24.4 Å². The molecule has 1 aliphatic heterocycles. The Morgan fingerprint density at radius 3 is 2.37 bits per heavy atom. The number of aryl methyl sites for hydroxylation is 2. The lowest BCUT2D eigenvalue weighted by atomic mass is 10.1. The van der Waals surface area contributed by atoms with Crippen LogP contribution in [0.25, 0.3) is 22.2 Å². The lowest BCUT2D eigenvalue weighted by molar-refractivity contribution is 0.0358. The van der Waals surface area contributed by atoms with Gasteiger partial charge in [0.15, 0.2) is 5.65 Å². The Bertz CT molecular complexity index is 2110. The quantitative estimate of drug-likeness (QED) is 0.0918. The smallest absolute Gasteiger partial charge is 0.276 e. The maximum atomic E-state index is 13.4. The van der Waals surface area contributed by atoms with Gasteiger partial charge >= 0.3 is 0 Å². The number of carbonyl (C=O) groups excluding carboxylic acids is 3. The molecule has 1 fully saturated rings. The van der Waals surface area contributed by atoms with Crippen LogP contribution in [0.3, 0.4) is 0 Å². The van der Waals surface area contributed by atoms with Crippen LogP contribution in [0, 0.1) is 6.92 Å². The SMILES string of the molecule is CCn1nc(C)cc1C(=O)Nc1nc2cc(C(N)=O)cnc2n1C/C=C/Cn1c(NC)nc2cc(C(N)=O)cc(OCCCN3CCOCC3)c21. The van der Waals surface area contributed by atoms with Crippen molar-refractivity contribution in [2.75, 3.05) is 57.1 Å². The first kappa shape index (κ1) is 35.0. The zero-order valence-electron chi connectivity index (χ0n) is 28.9. The van der Waals surface area contributed by atoms with E-state index >= 15 is 0 Å². The molecule has 6 N–H and O–H groups in total. The minimum Gasteiger partial charge on any atom is -0.491 e. The van der Waals surface area contributed by atoms with Crippen molar-refractivity contribution in [3.63, 3.8) is 0 Å². The molecule has 0 radical (unpaired) electrons. The molecule has 0 spiro atoms. The van der Waals surface area contributed by atoms with E-state index in [1.54, 1.807) is 40.6 Å². The van der Waals surface area contributed by atoms with E-state index < -0.39 is 11.8 Å². The molecular weight excluding hydrogens is 656 g/mol. The maximum Gasteiger partial charge on any atom is 0.276 e. The lowest BCUT2D eigenvalue weighted by Gasteiger charge is -2.26. The van der Waals surface area contributed by atoms with E-state index in [4.69, 9.17) is 25.9 Å². The molecule has 1 aromatic carbocycles. The number of aromatic nitrogens is 7. The van der Waals surface area contributed by atoms with E-state index in [1.165, 1.54) is 6.20 Å². The number of primary amides is 2. The van der Waals surface area contributed by atoms with Gasteiger partial charge in [0.25, 0.3) is 5.91 Å². The highest BCUT2D eigenvalue weighted by atomic mass is 16.5. The number of anilines is 2. The summed E-state index contributed by atoms with van der Waals surface area (Å²) in [6.07, 6.45) is 6.03. The van der Waals surface area contributed by atoms with E-state index in [1.807, 2.05) is 30.6 Å². The van der Waals surface area contributed by atoms with Gasteiger partial charge < -0.3 is 30.8 Å². The van der Waals surface area contributed by atoms with Gasteiger partial charge in [0, 0.05) is 58.1 Å². The van der Waals surface area contributed by atoms with Crippen LogP contribution < -0.4 is 26.8 Å². The topological polar surface area (TPSA) is 215 Å². The molecule has 1 saturated heterocycles. The normalized spacial score (nSPS) is 13.7. The Balaban J connectivity index is 1.26. The molecular formula is C34H42N12O5. The van der Waals surface area contributed by atoms with Crippen LogP contribution >= 0.6 is 0 Å². The van der Waals surface area contributed by atoms with Crippen molar-refractivity contribution in [2.45, 2.75) is 39.9 Å². The molecule has 6 rings (SSSR count). The third-order valence-corrected chi connectivity index (χ3v) is 8.57. The number of nitrogens with zero attached hydrogens (tertiary/aromatic N) is 8. The van der Waals surface area contributed by atoms with Crippen molar-refractivity contribution in [3.05, 3.63) is 65.1 Å². The van der Waals surface area contributed by atoms with Gasteiger partial charge in [-0.15, -0.1) is 0 Å². The second kappa shape index (κ2) is 15.4. The largest absolute Gasteiger partial charge is 0.491 e. The number of nitrogens with two attached hydrogens (primary N) is 2. The number of carbonyl (C=O) groups is 3. The molecule has 3 amide bonds. The number of pyridine rings is 1. The minimum atomic E-state index is -0.636. The van der Waals surface area contributed by atoms with E-state index in [9.17, 15) is 14.4 Å². The fourth-order valence-corrected chi connectivity index (χ4v) is 6.05. The van der Waals surface area contributed by atoms with Gasteiger partial charge in [-0.3, -0.25) is 33.8 Å². The standard InChI is InChI=1S/C34H42N12O5/c1-4-46-26(16-21(2)42-46)32(49)41-34-40-25-18-23(30(36)48)20-38-31(25)45(34)10-6-5-9-44-28-24(39-33(44)37-3)17-22(29(35)47)19-27(28)51-13-7-8-43-11-14-50-15-12-43/h5-6,16-20H,4,7-15H2,1-3H3,(H2,35,47)(H2,36,48)(H,37,39)(H,40,41,49)/b6-5+. The number of hydrogen-bond acceptors (Lipinski definition) is 11. The Kier molecular flexibility index (Phi) is 10.6. The minimum absolute atomic E-state index is 0.199. The summed E-state index contributed by atoms with van der Waals surface area (Å²) in [5, 5.41) is 10.4. The average molecular weight is 699 g/mol. The molecule has 51 heavy (non-hydrogen) atoms. The first-order chi connectivity index (χ1) is 24.7. The van der Waals surface area contributed by atoms with E-state index in [0.717, 1.165) is 39.3 Å². The van der Waals surface area contributed by atoms with Gasteiger partial charge in [0.1, 0.15) is 22.5 Å². The van der Waals surface area contributed by atoms with Crippen LogP contribution in [-0.4, -0.2) is 103 Å². The number of benzene rings is 1. The molecule has 17 heteroatoms. The highest BCUT2D eigenvalue weighted by molar-refractivity contribution is 6.03. The Morgan fingerprint density at radius 1 is 0.961 bits per heavy atom. The summed E-state index contributed by atoms with van der Waals surface area (Å²) in [6, 6.07) is 6.56. The second-order valence-electron chi connectivity index (χ2n) is 12.0. The van der Waals surface area contributed by atoms with Gasteiger partial charge in [-0.25, -0.2) is 15.0 Å². The number of amides is 3. The molecule has 0 unspecified atom stereocenters. The van der Waals surface area contributed by atoms with E-state index in [2.05, 4.69) is 30.6 Å². The number of hydrogen-bond donors (Lipinski definition) is 4. The maximum absolute atomic E-state index is 13.4. The molecule has 0 aliphatic carbocycles. The molecule has 0 saturated carbocycles. The van der Waals surface area contributed by atoms with Gasteiger partial charge in [-0.2, -0.15) is 5.10 Å². The zero-order valence-corrected chi connectivity index (χ0v) is 28.9. The van der Waals surface area contributed by atoms with Crippen molar-refractivity contribution in [3.8, 4) is 5.75 Å². The number of allylic oxidation sites excluding steroid dienone is 2. The van der Waals surface area contributed by atoms with Gasteiger partial charge in [-0.1, -0.05) is 12.2 Å². The molecule has 5 aromatic rings. The van der Waals surface area contributed by atoms with Crippen molar-refractivity contribution >= 4 is 51.8 Å². The average Bonchev–Trinajstić information content (AvgIpc) is 3.80. The number of rotatable bonds is 15. The number of ether oxygens (including phenoxy) is 2. The Hall–Kier alpha value is -5.81. The molecule has 1 aliphatic rings. The molecule has 268 valence electrons. The molecule has 0 atom stereocenters. The van der Waals surface area contributed by atoms with Crippen molar-refractivity contribution < 1.29 is 23.9 Å². The highest BCUT2D eigenvalue weighted by Gasteiger charge is 2.21. The van der Waals surface area contributed by atoms with Crippen LogP contribution in [0.1, 0.15) is 50.2 Å². The number of nitrogens with one attached hydrogen (secondary N) is 2. The lowest BCUT2D eigenvalue weighted by Crippen LogP contribution is -2.37. The predicted octanol–water partition coefficient (Wildman–Crippen LogP) is 2.16. The molecule has 4 aromatic heterocycles. The monoisotopic (exact) mass is 698 g/mol. The summed E-state index contributed by atoms with van der Waals surface area (Å²) in [5.74, 6) is -0.276. The van der Waals surface area contributed by atoms with Crippen molar-refractivity contribution in [1.82, 2.24) is 38.8 Å².